The predicted octanol–water partition coefficient (Wildman–Crippen LogP) is 6.07. The second kappa shape index (κ2) is 7.54. The van der Waals surface area contributed by atoms with Crippen molar-refractivity contribution in [2.45, 2.75) is 55.0 Å². The molecule has 24 heavy (non-hydrogen) atoms. The predicted molar refractivity (Wildman–Crippen MR) is 113 cm³/mol. The standard InChI is InChI=1S/C21H30Si3/c1-22(2)20(18-12-7-5-8-13-18)24(16-11-17-24)21(23(3)4)19-14-9-6-10-15-19/h5-10,12-15,20-21H,11,16-17H2,1-4H3. The van der Waals surface area contributed by atoms with Gasteiger partial charge in [-0.15, -0.1) is 0 Å². The first-order valence-corrected chi connectivity index (χ1v) is 17.0. The molecule has 3 rings (SSSR count). The Morgan fingerprint density at radius 1 is 0.667 bits per heavy atom. The van der Waals surface area contributed by atoms with Crippen LogP contribution in [0.3, 0.4) is 0 Å². The van der Waals surface area contributed by atoms with Crippen LogP contribution in [0.1, 0.15) is 27.9 Å². The summed E-state index contributed by atoms with van der Waals surface area (Å²) < 4.78 is 0. The highest BCUT2D eigenvalue weighted by Crippen LogP contribution is 2.53. The van der Waals surface area contributed by atoms with Gasteiger partial charge in [-0.3, -0.25) is 0 Å². The topological polar surface area (TPSA) is 0 Å². The first-order valence-electron chi connectivity index (χ1n) is 9.26. The molecule has 2 aromatic carbocycles. The third kappa shape index (κ3) is 3.26. The van der Waals surface area contributed by atoms with E-state index in [4.69, 9.17) is 0 Å². The lowest BCUT2D eigenvalue weighted by atomic mass is 10.2. The van der Waals surface area contributed by atoms with Crippen molar-refractivity contribution < 1.29 is 0 Å². The number of rotatable bonds is 6. The summed E-state index contributed by atoms with van der Waals surface area (Å²) in [6, 6.07) is 26.2. The van der Waals surface area contributed by atoms with Crippen LogP contribution in [0.4, 0.5) is 0 Å². The quantitative estimate of drug-likeness (QED) is 0.544. The molecule has 1 aliphatic rings. The summed E-state index contributed by atoms with van der Waals surface area (Å²) in [6.45, 7) is 10.3. The summed E-state index contributed by atoms with van der Waals surface area (Å²) in [4.78, 5) is 0. The third-order valence-electron chi connectivity index (χ3n) is 5.85. The van der Waals surface area contributed by atoms with Crippen LogP contribution < -0.4 is 0 Å². The molecular formula is C21H30Si3. The Morgan fingerprint density at radius 2 is 1.04 bits per heavy atom. The van der Waals surface area contributed by atoms with Gasteiger partial charge in [0.1, 0.15) is 0 Å². The summed E-state index contributed by atoms with van der Waals surface area (Å²) in [5.41, 5.74) is 3.32. The molecule has 0 bridgehead atoms. The van der Waals surface area contributed by atoms with Crippen molar-refractivity contribution in [1.29, 1.82) is 0 Å². The summed E-state index contributed by atoms with van der Waals surface area (Å²) in [5, 5.41) is 1.81. The number of hydrogen-bond acceptors (Lipinski definition) is 0. The molecule has 0 aromatic heterocycles. The lowest BCUT2D eigenvalue weighted by Crippen LogP contribution is -2.59. The van der Waals surface area contributed by atoms with Crippen LogP contribution in [0.25, 0.3) is 0 Å². The highest BCUT2D eigenvalue weighted by molar-refractivity contribution is 7.00. The van der Waals surface area contributed by atoms with Crippen molar-refractivity contribution in [2.24, 2.45) is 0 Å². The summed E-state index contributed by atoms with van der Waals surface area (Å²) >= 11 is 0. The molecular weight excluding hydrogens is 336 g/mol. The van der Waals surface area contributed by atoms with E-state index in [-0.39, 0.29) is 17.6 Å². The zero-order valence-corrected chi connectivity index (χ0v) is 18.5. The maximum atomic E-state index is 2.56. The summed E-state index contributed by atoms with van der Waals surface area (Å²) in [7, 11) is -2.02. The minimum Gasteiger partial charge on any atom is -0.0710 e. The minimum absolute atomic E-state index is 0.349. The van der Waals surface area contributed by atoms with Gasteiger partial charge >= 0.3 is 0 Å². The van der Waals surface area contributed by atoms with Gasteiger partial charge in [-0.25, -0.2) is 0 Å². The molecule has 3 heteroatoms. The Kier molecular flexibility index (Phi) is 5.63. The van der Waals surface area contributed by atoms with Gasteiger partial charge in [-0.1, -0.05) is 116 Å². The second-order valence-electron chi connectivity index (χ2n) is 7.93. The molecule has 1 aliphatic heterocycles. The van der Waals surface area contributed by atoms with E-state index in [9.17, 15) is 0 Å². The van der Waals surface area contributed by atoms with Crippen LogP contribution in [-0.4, -0.2) is 25.7 Å². The van der Waals surface area contributed by atoms with Crippen molar-refractivity contribution in [3.05, 3.63) is 71.8 Å². The van der Waals surface area contributed by atoms with E-state index in [2.05, 4.69) is 86.9 Å². The molecule has 1 heterocycles. The van der Waals surface area contributed by atoms with Gasteiger partial charge in [0.25, 0.3) is 0 Å². The van der Waals surface area contributed by atoms with Crippen LogP contribution in [0.2, 0.25) is 38.3 Å². The van der Waals surface area contributed by atoms with Crippen molar-refractivity contribution in [3.8, 4) is 0 Å². The molecule has 0 N–H and O–H groups in total. The van der Waals surface area contributed by atoms with Gasteiger partial charge in [-0.2, -0.15) is 0 Å². The normalized spacial score (nSPS) is 19.1. The summed E-state index contributed by atoms with van der Waals surface area (Å²) in [5.74, 6) is 0. The maximum absolute atomic E-state index is 2.56. The lowest BCUT2D eigenvalue weighted by molar-refractivity contribution is 0.827. The molecule has 0 aliphatic carbocycles. The number of benzene rings is 2. The smallest absolute Gasteiger partial charge is 0.0628 e. The van der Waals surface area contributed by atoms with Crippen molar-refractivity contribution >= 4 is 25.7 Å². The Labute approximate surface area is 152 Å². The zero-order valence-electron chi connectivity index (χ0n) is 15.5. The largest absolute Gasteiger partial charge is 0.0710 e. The minimum atomic E-state index is -1.32. The fourth-order valence-corrected chi connectivity index (χ4v) is 23.6. The maximum Gasteiger partial charge on any atom is 0.0628 e. The van der Waals surface area contributed by atoms with E-state index >= 15 is 0 Å². The monoisotopic (exact) mass is 366 g/mol. The molecule has 1 saturated heterocycles. The van der Waals surface area contributed by atoms with Gasteiger partial charge in [0.05, 0.1) is 8.07 Å². The molecule has 0 nitrogen and oxygen atoms in total. The zero-order chi connectivity index (χ0) is 17.2. The van der Waals surface area contributed by atoms with Crippen LogP contribution in [0, 0.1) is 0 Å². The molecule has 0 amide bonds. The van der Waals surface area contributed by atoms with Gasteiger partial charge in [0, 0.05) is 17.6 Å². The van der Waals surface area contributed by atoms with Gasteiger partial charge in [0.2, 0.25) is 0 Å². The Balaban J connectivity index is 2.08. The second-order valence-corrected chi connectivity index (χ2v) is 19.2. The fourth-order valence-electron chi connectivity index (χ4n) is 5.10. The van der Waals surface area contributed by atoms with Crippen LogP contribution in [0.5, 0.6) is 0 Å². The van der Waals surface area contributed by atoms with E-state index in [0.29, 0.717) is 0 Å². The molecule has 126 valence electrons. The van der Waals surface area contributed by atoms with E-state index in [1.54, 1.807) is 23.2 Å². The SMILES string of the molecule is C[Si](C)C(c1ccccc1)[Si]1(C(c2ccccc2)[Si](C)C)CCC1. The van der Waals surface area contributed by atoms with E-state index in [0.717, 1.165) is 10.3 Å². The van der Waals surface area contributed by atoms with Crippen LogP contribution in [-0.2, 0) is 0 Å². The Bertz CT molecular complexity index is 579. The molecule has 2 aromatic rings. The van der Waals surface area contributed by atoms with Crippen molar-refractivity contribution in [1.82, 2.24) is 0 Å². The molecule has 1 fully saturated rings. The van der Waals surface area contributed by atoms with E-state index in [1.165, 1.54) is 6.42 Å². The molecule has 2 radical (unpaired) electrons. The van der Waals surface area contributed by atoms with Crippen LogP contribution >= 0.6 is 0 Å². The fraction of sp³-hybridized carbons (Fsp3) is 0.429. The third-order valence-corrected chi connectivity index (χ3v) is 21.3. The Hall–Kier alpha value is -0.909. The van der Waals surface area contributed by atoms with Crippen molar-refractivity contribution in [3.63, 3.8) is 0 Å². The van der Waals surface area contributed by atoms with E-state index < -0.39 is 8.07 Å². The highest BCUT2D eigenvalue weighted by Gasteiger charge is 2.54. The molecule has 2 atom stereocenters. The first kappa shape index (κ1) is 17.9. The van der Waals surface area contributed by atoms with E-state index in [1.807, 2.05) is 0 Å². The Morgan fingerprint density at radius 3 is 1.29 bits per heavy atom. The first-order chi connectivity index (χ1) is 11.6. The van der Waals surface area contributed by atoms with Gasteiger partial charge < -0.3 is 0 Å². The van der Waals surface area contributed by atoms with Gasteiger partial charge in [-0.05, 0) is 10.3 Å². The highest BCUT2D eigenvalue weighted by atomic mass is 28.4. The average Bonchev–Trinajstić information content (AvgIpc) is 2.54. The molecule has 2 unspecified atom stereocenters. The molecule has 0 saturated carbocycles. The molecule has 0 spiro atoms. The lowest BCUT2D eigenvalue weighted by Gasteiger charge is -2.54. The van der Waals surface area contributed by atoms with Gasteiger partial charge in [0.15, 0.2) is 0 Å². The average molecular weight is 367 g/mol. The summed E-state index contributed by atoms with van der Waals surface area (Å²) in [6.07, 6.45) is 1.48. The van der Waals surface area contributed by atoms with Crippen LogP contribution in [0.15, 0.2) is 60.7 Å². The van der Waals surface area contributed by atoms with Crippen molar-refractivity contribution in [2.75, 3.05) is 0 Å². The number of hydrogen-bond donors (Lipinski definition) is 0.